The number of carbonyl (C=O) groups is 1. The number of aromatic hydroxyl groups is 1. The third-order valence-electron chi connectivity index (χ3n) is 4.84. The summed E-state index contributed by atoms with van der Waals surface area (Å²) in [6, 6.07) is 12.2. The SMILES string of the molecule is C[C@H](C(=O)Nc1c(Cl)cccc1Cl)[NH+]1CCN(c2ccc(O)cc2)CC1. The molecule has 7 heteroatoms. The summed E-state index contributed by atoms with van der Waals surface area (Å²) in [5.41, 5.74) is 1.55. The molecule has 0 aromatic heterocycles. The zero-order valence-corrected chi connectivity index (χ0v) is 16.0. The largest absolute Gasteiger partial charge is 0.508 e. The minimum absolute atomic E-state index is 0.0897. The molecule has 1 saturated heterocycles. The summed E-state index contributed by atoms with van der Waals surface area (Å²) < 4.78 is 0. The van der Waals surface area contributed by atoms with Crippen LogP contribution in [-0.2, 0) is 4.79 Å². The summed E-state index contributed by atoms with van der Waals surface area (Å²) >= 11 is 12.3. The minimum atomic E-state index is -0.204. The maximum absolute atomic E-state index is 12.6. The highest BCUT2D eigenvalue weighted by Crippen LogP contribution is 2.29. The van der Waals surface area contributed by atoms with Crippen LogP contribution in [0.1, 0.15) is 6.92 Å². The maximum atomic E-state index is 12.6. The van der Waals surface area contributed by atoms with Gasteiger partial charge in [-0.05, 0) is 43.3 Å². The van der Waals surface area contributed by atoms with E-state index in [1.54, 1.807) is 30.3 Å². The summed E-state index contributed by atoms with van der Waals surface area (Å²) in [5, 5.41) is 13.1. The molecule has 1 amide bonds. The molecule has 138 valence electrons. The van der Waals surface area contributed by atoms with Crippen molar-refractivity contribution in [3.63, 3.8) is 0 Å². The molecular weight excluding hydrogens is 373 g/mol. The molecule has 2 aromatic rings. The lowest BCUT2D eigenvalue weighted by Gasteiger charge is -2.36. The van der Waals surface area contributed by atoms with Crippen LogP contribution in [0.4, 0.5) is 11.4 Å². The van der Waals surface area contributed by atoms with Gasteiger partial charge in [-0.3, -0.25) is 4.79 Å². The second-order valence-corrected chi connectivity index (χ2v) is 7.28. The predicted molar refractivity (Wildman–Crippen MR) is 106 cm³/mol. The van der Waals surface area contributed by atoms with Gasteiger partial charge in [0.15, 0.2) is 6.04 Å². The number of hydrogen-bond acceptors (Lipinski definition) is 3. The number of amides is 1. The Morgan fingerprint density at radius 1 is 1.12 bits per heavy atom. The summed E-state index contributed by atoms with van der Waals surface area (Å²) in [4.78, 5) is 16.1. The van der Waals surface area contributed by atoms with Crippen molar-refractivity contribution in [1.29, 1.82) is 0 Å². The standard InChI is InChI=1S/C19H21Cl2N3O2/c1-13(19(26)22-18-16(20)3-2-4-17(18)21)23-9-11-24(12-10-23)14-5-7-15(25)8-6-14/h2-8,13,25H,9-12H2,1H3,(H,22,26)/p+1/t13-/m1/s1. The number of piperazine rings is 1. The Morgan fingerprint density at radius 2 is 1.69 bits per heavy atom. The fraction of sp³-hybridized carbons (Fsp3) is 0.316. The van der Waals surface area contributed by atoms with Crippen molar-refractivity contribution >= 4 is 40.5 Å². The van der Waals surface area contributed by atoms with Gasteiger partial charge in [-0.25, -0.2) is 0 Å². The van der Waals surface area contributed by atoms with Gasteiger partial charge in [0, 0.05) is 5.69 Å². The van der Waals surface area contributed by atoms with Crippen LogP contribution in [0.15, 0.2) is 42.5 Å². The van der Waals surface area contributed by atoms with E-state index in [-0.39, 0.29) is 17.7 Å². The first-order valence-corrected chi connectivity index (χ1v) is 9.34. The molecule has 0 radical (unpaired) electrons. The Labute approximate surface area is 163 Å². The van der Waals surface area contributed by atoms with Crippen molar-refractivity contribution in [1.82, 2.24) is 0 Å². The van der Waals surface area contributed by atoms with E-state index in [1.165, 1.54) is 4.90 Å². The summed E-state index contributed by atoms with van der Waals surface area (Å²) in [5.74, 6) is 0.176. The van der Waals surface area contributed by atoms with Crippen molar-refractivity contribution in [2.24, 2.45) is 0 Å². The smallest absolute Gasteiger partial charge is 0.282 e. The summed E-state index contributed by atoms with van der Waals surface area (Å²) in [6.07, 6.45) is 0. The average molecular weight is 395 g/mol. The normalized spacial score (nSPS) is 16.3. The van der Waals surface area contributed by atoms with Crippen LogP contribution in [0.5, 0.6) is 5.75 Å². The van der Waals surface area contributed by atoms with Gasteiger partial charge >= 0.3 is 0 Å². The second kappa shape index (κ2) is 8.16. The molecule has 1 aliphatic heterocycles. The number of nitrogens with zero attached hydrogens (tertiary/aromatic N) is 1. The Balaban J connectivity index is 1.58. The number of rotatable bonds is 4. The fourth-order valence-electron chi connectivity index (χ4n) is 3.18. The maximum Gasteiger partial charge on any atom is 0.282 e. The van der Waals surface area contributed by atoms with Crippen LogP contribution in [0, 0.1) is 0 Å². The molecule has 1 fully saturated rings. The van der Waals surface area contributed by atoms with Gasteiger partial charge in [0.1, 0.15) is 5.75 Å². The zero-order valence-electron chi connectivity index (χ0n) is 14.5. The molecule has 2 aromatic carbocycles. The first-order chi connectivity index (χ1) is 12.5. The van der Waals surface area contributed by atoms with E-state index >= 15 is 0 Å². The lowest BCUT2D eigenvalue weighted by molar-refractivity contribution is -0.914. The van der Waals surface area contributed by atoms with Gasteiger partial charge in [0.2, 0.25) is 0 Å². The first kappa shape index (κ1) is 18.8. The second-order valence-electron chi connectivity index (χ2n) is 6.47. The van der Waals surface area contributed by atoms with Gasteiger partial charge in [0.05, 0.1) is 41.9 Å². The highest BCUT2D eigenvalue weighted by Gasteiger charge is 2.29. The average Bonchev–Trinajstić information content (AvgIpc) is 2.65. The first-order valence-electron chi connectivity index (χ1n) is 8.59. The molecular formula is C19H22Cl2N3O2+. The van der Waals surface area contributed by atoms with Gasteiger partial charge < -0.3 is 20.2 Å². The van der Waals surface area contributed by atoms with Gasteiger partial charge in [0.25, 0.3) is 5.91 Å². The minimum Gasteiger partial charge on any atom is -0.508 e. The topological polar surface area (TPSA) is 57.0 Å². The predicted octanol–water partition coefficient (Wildman–Crippen LogP) is 2.43. The van der Waals surface area contributed by atoms with Crippen LogP contribution in [0.3, 0.4) is 0 Å². The van der Waals surface area contributed by atoms with Crippen LogP contribution in [-0.4, -0.2) is 43.2 Å². The van der Waals surface area contributed by atoms with E-state index in [9.17, 15) is 9.90 Å². The van der Waals surface area contributed by atoms with Gasteiger partial charge in [-0.2, -0.15) is 0 Å². The molecule has 1 atom stereocenters. The Kier molecular flexibility index (Phi) is 5.91. The van der Waals surface area contributed by atoms with Crippen LogP contribution >= 0.6 is 23.2 Å². The fourth-order valence-corrected chi connectivity index (χ4v) is 3.67. The quantitative estimate of drug-likeness (QED) is 0.746. The van der Waals surface area contributed by atoms with Crippen LogP contribution < -0.4 is 15.1 Å². The van der Waals surface area contributed by atoms with Gasteiger partial charge in [-0.1, -0.05) is 29.3 Å². The van der Waals surface area contributed by atoms with E-state index in [4.69, 9.17) is 23.2 Å². The van der Waals surface area contributed by atoms with E-state index < -0.39 is 0 Å². The molecule has 0 saturated carbocycles. The van der Waals surface area contributed by atoms with E-state index in [0.717, 1.165) is 31.9 Å². The van der Waals surface area contributed by atoms with Crippen molar-refractivity contribution in [3.05, 3.63) is 52.5 Å². The van der Waals surface area contributed by atoms with Crippen LogP contribution in [0.25, 0.3) is 0 Å². The highest BCUT2D eigenvalue weighted by molar-refractivity contribution is 6.39. The number of halogens is 2. The number of benzene rings is 2. The Hall–Kier alpha value is -1.95. The van der Waals surface area contributed by atoms with E-state index in [0.29, 0.717) is 15.7 Å². The molecule has 1 heterocycles. The third kappa shape index (κ3) is 4.23. The number of para-hydroxylation sites is 1. The number of hydrogen-bond donors (Lipinski definition) is 3. The van der Waals surface area contributed by atoms with Gasteiger partial charge in [-0.15, -0.1) is 0 Å². The molecule has 26 heavy (non-hydrogen) atoms. The third-order valence-corrected chi connectivity index (χ3v) is 5.47. The molecule has 0 unspecified atom stereocenters. The van der Waals surface area contributed by atoms with Crippen molar-refractivity contribution in [3.8, 4) is 5.75 Å². The number of nitrogens with one attached hydrogen (secondary N) is 2. The van der Waals surface area contributed by atoms with E-state index in [1.807, 2.05) is 19.1 Å². The highest BCUT2D eigenvalue weighted by atomic mass is 35.5. The Bertz CT molecular complexity index is 755. The van der Waals surface area contributed by atoms with E-state index in [2.05, 4.69) is 10.2 Å². The summed E-state index contributed by atoms with van der Waals surface area (Å²) in [7, 11) is 0. The number of phenolic OH excluding ortho intramolecular Hbond substituents is 1. The zero-order chi connectivity index (χ0) is 18.7. The molecule has 3 N–H and O–H groups in total. The monoisotopic (exact) mass is 394 g/mol. The lowest BCUT2D eigenvalue weighted by Crippen LogP contribution is -3.19. The summed E-state index contributed by atoms with van der Waals surface area (Å²) in [6.45, 7) is 5.33. The number of carbonyl (C=O) groups excluding carboxylic acids is 1. The van der Waals surface area contributed by atoms with Crippen LogP contribution in [0.2, 0.25) is 10.0 Å². The molecule has 0 spiro atoms. The molecule has 5 nitrogen and oxygen atoms in total. The molecule has 3 rings (SSSR count). The van der Waals surface area contributed by atoms with Crippen molar-refractivity contribution in [2.45, 2.75) is 13.0 Å². The number of anilines is 2. The molecule has 1 aliphatic rings. The Morgan fingerprint density at radius 3 is 2.27 bits per heavy atom. The van der Waals surface area contributed by atoms with Crippen molar-refractivity contribution in [2.75, 3.05) is 36.4 Å². The van der Waals surface area contributed by atoms with Crippen molar-refractivity contribution < 1.29 is 14.8 Å². The lowest BCUT2D eigenvalue weighted by atomic mass is 10.2. The number of quaternary nitrogens is 1. The molecule has 0 bridgehead atoms. The number of phenols is 1. The molecule has 0 aliphatic carbocycles.